The van der Waals surface area contributed by atoms with Crippen molar-refractivity contribution in [2.45, 2.75) is 101 Å². The second kappa shape index (κ2) is 11.4. The molecule has 5 aliphatic rings. The predicted octanol–water partition coefficient (Wildman–Crippen LogP) is 4.36. The number of carbonyl (C=O) groups is 1. The number of nitrogens with two attached hydrogens (primary N) is 1. The molecule has 1 amide bonds. The van der Waals surface area contributed by atoms with E-state index in [4.69, 9.17) is 25.2 Å². The van der Waals surface area contributed by atoms with Crippen LogP contribution in [0.1, 0.15) is 90.9 Å². The maximum atomic E-state index is 14.6. The van der Waals surface area contributed by atoms with E-state index in [0.29, 0.717) is 57.4 Å². The summed E-state index contributed by atoms with van der Waals surface area (Å²) < 4.78 is 30.0. The summed E-state index contributed by atoms with van der Waals surface area (Å²) in [5.41, 5.74) is 11.9. The molecule has 1 spiro atoms. The summed E-state index contributed by atoms with van der Waals surface area (Å²) in [5, 5.41) is 4.64. The Balaban J connectivity index is 1.17. The first-order valence-corrected chi connectivity index (χ1v) is 17.4. The smallest absolute Gasteiger partial charge is 0.318 e. The molecule has 2 N–H and O–H groups in total. The zero-order valence-electron chi connectivity index (χ0n) is 28.6. The largest absolute Gasteiger partial charge is 0.461 e. The molecule has 8 rings (SSSR count). The van der Waals surface area contributed by atoms with E-state index in [2.05, 4.69) is 40.9 Å². The van der Waals surface area contributed by atoms with Crippen molar-refractivity contribution in [3.8, 4) is 6.01 Å². The maximum absolute atomic E-state index is 14.6. The third kappa shape index (κ3) is 5.22. The number of carbonyl (C=O) groups excluding carboxylic acids is 1. The van der Waals surface area contributed by atoms with Crippen molar-refractivity contribution < 1.29 is 18.7 Å². The van der Waals surface area contributed by atoms with Crippen molar-refractivity contribution in [1.29, 1.82) is 0 Å². The zero-order valence-corrected chi connectivity index (χ0v) is 28.6. The van der Waals surface area contributed by atoms with Crippen LogP contribution in [0.2, 0.25) is 0 Å². The number of fused-ring (bicyclic) bond motifs is 5. The summed E-state index contributed by atoms with van der Waals surface area (Å²) in [6.45, 7) is 8.67. The lowest BCUT2D eigenvalue weighted by atomic mass is 9.65. The number of halogens is 1. The zero-order chi connectivity index (χ0) is 33.4. The molecule has 11 nitrogen and oxygen atoms in total. The highest BCUT2D eigenvalue weighted by Gasteiger charge is 2.50. The molecule has 0 unspecified atom stereocenters. The van der Waals surface area contributed by atoms with Crippen molar-refractivity contribution in [3.05, 3.63) is 58.0 Å². The van der Waals surface area contributed by atoms with Crippen molar-refractivity contribution in [2.75, 3.05) is 51.0 Å². The van der Waals surface area contributed by atoms with Gasteiger partial charge in [-0.3, -0.25) is 14.4 Å². The Morgan fingerprint density at radius 2 is 1.96 bits per heavy atom. The van der Waals surface area contributed by atoms with Crippen LogP contribution in [0.15, 0.2) is 24.3 Å². The van der Waals surface area contributed by atoms with Crippen LogP contribution < -0.4 is 15.4 Å². The van der Waals surface area contributed by atoms with Crippen LogP contribution in [0.25, 0.3) is 0 Å². The molecule has 48 heavy (non-hydrogen) atoms. The lowest BCUT2D eigenvalue weighted by Crippen LogP contribution is -2.45. The van der Waals surface area contributed by atoms with Crippen molar-refractivity contribution in [1.82, 2.24) is 29.5 Å². The molecule has 0 saturated carbocycles. The summed E-state index contributed by atoms with van der Waals surface area (Å²) in [7, 11) is 3.48. The average Bonchev–Trinajstić information content (AvgIpc) is 3.68. The van der Waals surface area contributed by atoms with E-state index in [0.717, 1.165) is 79.2 Å². The van der Waals surface area contributed by atoms with E-state index in [1.807, 2.05) is 16.8 Å². The first kappa shape index (κ1) is 31.5. The van der Waals surface area contributed by atoms with Crippen molar-refractivity contribution in [3.63, 3.8) is 0 Å². The summed E-state index contributed by atoms with van der Waals surface area (Å²) in [5.74, 6) is 0.676. The number of nitrogens with zero attached hydrogens (tertiary/aromatic N) is 7. The van der Waals surface area contributed by atoms with Gasteiger partial charge in [-0.25, -0.2) is 4.39 Å². The molecule has 1 aromatic carbocycles. The number of benzene rings is 1. The normalized spacial score (nSPS) is 27.6. The molecule has 3 atom stereocenters. The quantitative estimate of drug-likeness (QED) is 0.400. The van der Waals surface area contributed by atoms with Crippen LogP contribution in [0.4, 0.5) is 15.9 Å². The Hall–Kier alpha value is -3.77. The second-order valence-electron chi connectivity index (χ2n) is 15.5. The lowest BCUT2D eigenvalue weighted by molar-refractivity contribution is -0.0906. The molecule has 2 saturated heterocycles. The Labute approximate surface area is 281 Å². The van der Waals surface area contributed by atoms with E-state index in [-0.39, 0.29) is 16.9 Å². The van der Waals surface area contributed by atoms with Gasteiger partial charge in [-0.05, 0) is 73.4 Å². The SMILES string of the molecule is CN(C)C(=O)c1cc2n(n1)CCCN(c1nc(OC[C@@]34CCCN3C[C@H](F)C4)nc3c1CO[C@]1(CCC(C)(C)c4ccc(N)cc41)C3)C2. The topological polar surface area (TPSA) is 115 Å². The highest BCUT2D eigenvalue weighted by Crippen LogP contribution is 2.51. The summed E-state index contributed by atoms with van der Waals surface area (Å²) in [4.78, 5) is 29.0. The minimum Gasteiger partial charge on any atom is -0.461 e. The molecule has 6 heterocycles. The number of rotatable bonds is 5. The van der Waals surface area contributed by atoms with E-state index in [1.165, 1.54) is 5.56 Å². The number of hydrogen-bond donors (Lipinski definition) is 1. The van der Waals surface area contributed by atoms with Crippen molar-refractivity contribution in [2.24, 2.45) is 0 Å². The van der Waals surface area contributed by atoms with Gasteiger partial charge in [0.05, 0.1) is 35.7 Å². The highest BCUT2D eigenvalue weighted by atomic mass is 19.1. The number of aryl methyl sites for hydroxylation is 1. The number of hydrogen-bond acceptors (Lipinski definition) is 9. The molecule has 12 heteroatoms. The minimum absolute atomic E-state index is 0.00681. The number of nitrogen functional groups attached to an aromatic ring is 1. The highest BCUT2D eigenvalue weighted by molar-refractivity contribution is 5.92. The Bertz CT molecular complexity index is 1760. The van der Waals surface area contributed by atoms with Crippen LogP contribution in [-0.4, -0.2) is 87.5 Å². The number of aromatic nitrogens is 4. The van der Waals surface area contributed by atoms with Gasteiger partial charge < -0.3 is 25.0 Å². The Kier molecular flexibility index (Phi) is 7.48. The van der Waals surface area contributed by atoms with Gasteiger partial charge in [0, 0.05) is 57.8 Å². The number of amides is 1. The third-order valence-corrected chi connectivity index (χ3v) is 11.6. The van der Waals surface area contributed by atoms with Gasteiger partial charge in [0.15, 0.2) is 5.69 Å². The molecule has 4 aliphatic heterocycles. The van der Waals surface area contributed by atoms with E-state index >= 15 is 0 Å². The van der Waals surface area contributed by atoms with Gasteiger partial charge in [0.2, 0.25) is 0 Å². The van der Waals surface area contributed by atoms with E-state index in [9.17, 15) is 9.18 Å². The lowest BCUT2D eigenvalue weighted by Gasteiger charge is -2.47. The standard InChI is InChI=1S/C36H47FN8O3/c1-34(2)10-11-36(28-15-24(38)7-8-27(28)34)18-30-26(21-48-36)31(40-33(39-30)47-22-35-9-5-13-44(35)19-23(37)17-35)43-12-6-14-45-25(20-43)16-29(41-45)32(46)42(3)4/h7-8,15-16,23H,5-6,9-14,17-22,38H2,1-4H3/t23-,35+,36-/m1/s1. The molecule has 3 aromatic rings. The van der Waals surface area contributed by atoms with Crippen LogP contribution in [0, 0.1) is 0 Å². The van der Waals surface area contributed by atoms with Crippen molar-refractivity contribution >= 4 is 17.4 Å². The van der Waals surface area contributed by atoms with Crippen LogP contribution in [-0.2, 0) is 41.9 Å². The first-order valence-electron chi connectivity index (χ1n) is 17.4. The van der Waals surface area contributed by atoms with Gasteiger partial charge in [-0.1, -0.05) is 19.9 Å². The van der Waals surface area contributed by atoms with E-state index < -0.39 is 11.8 Å². The van der Waals surface area contributed by atoms with Gasteiger partial charge in [0.25, 0.3) is 5.91 Å². The molecule has 0 bridgehead atoms. The first-order chi connectivity index (χ1) is 23.0. The van der Waals surface area contributed by atoms with Gasteiger partial charge in [0.1, 0.15) is 18.6 Å². The van der Waals surface area contributed by atoms with Crippen LogP contribution in [0.5, 0.6) is 6.01 Å². The maximum Gasteiger partial charge on any atom is 0.318 e. The predicted molar refractivity (Wildman–Crippen MR) is 180 cm³/mol. The van der Waals surface area contributed by atoms with Gasteiger partial charge in [-0.2, -0.15) is 15.1 Å². The van der Waals surface area contributed by atoms with Gasteiger partial charge >= 0.3 is 6.01 Å². The molecular formula is C36H47FN8O3. The number of ether oxygens (including phenoxy) is 2. The Morgan fingerprint density at radius 3 is 2.79 bits per heavy atom. The fourth-order valence-corrected chi connectivity index (χ4v) is 8.92. The minimum atomic E-state index is -0.833. The molecule has 2 fully saturated rings. The van der Waals surface area contributed by atoms with E-state index in [1.54, 1.807) is 19.0 Å². The fourth-order valence-electron chi connectivity index (χ4n) is 8.92. The monoisotopic (exact) mass is 658 g/mol. The van der Waals surface area contributed by atoms with Crippen LogP contribution in [0.3, 0.4) is 0 Å². The second-order valence-corrected chi connectivity index (χ2v) is 15.5. The average molecular weight is 659 g/mol. The molecular weight excluding hydrogens is 611 g/mol. The van der Waals surface area contributed by atoms with Crippen LogP contribution >= 0.6 is 0 Å². The summed E-state index contributed by atoms with van der Waals surface area (Å²) in [6, 6.07) is 8.45. The molecule has 2 aromatic heterocycles. The number of alkyl halides is 1. The third-order valence-electron chi connectivity index (χ3n) is 11.6. The summed E-state index contributed by atoms with van der Waals surface area (Å²) in [6.07, 6.45) is 4.87. The Morgan fingerprint density at radius 1 is 1.10 bits per heavy atom. The number of anilines is 2. The fraction of sp³-hybridized carbons (Fsp3) is 0.611. The molecule has 256 valence electrons. The molecule has 0 radical (unpaired) electrons. The van der Waals surface area contributed by atoms with Gasteiger partial charge in [-0.15, -0.1) is 0 Å². The molecule has 1 aliphatic carbocycles. The summed E-state index contributed by atoms with van der Waals surface area (Å²) >= 11 is 0.